The Balaban J connectivity index is 2.23. The first-order valence-corrected chi connectivity index (χ1v) is 7.07. The second kappa shape index (κ2) is 4.96. The van der Waals surface area contributed by atoms with E-state index in [1.807, 2.05) is 6.92 Å². The number of alkyl halides is 1. The topological polar surface area (TPSA) is 52.8 Å². The normalized spacial score (nSPS) is 18.1. The van der Waals surface area contributed by atoms with E-state index in [0.717, 1.165) is 24.3 Å². The van der Waals surface area contributed by atoms with Gasteiger partial charge in [-0.1, -0.05) is 12.8 Å². The fraction of sp³-hybridized carbons (Fsp3) is 0.615. The van der Waals surface area contributed by atoms with Gasteiger partial charge in [0.05, 0.1) is 12.5 Å². The average Bonchev–Trinajstić information content (AvgIpc) is 3.04. The molecule has 1 unspecified atom stereocenters. The number of fused-ring (bicyclic) bond motifs is 1. The summed E-state index contributed by atoms with van der Waals surface area (Å²) in [4.78, 5) is 13.1. The van der Waals surface area contributed by atoms with E-state index in [9.17, 15) is 0 Å². The number of hydrogen-bond acceptors (Lipinski definition) is 4. The van der Waals surface area contributed by atoms with E-state index in [-0.39, 0.29) is 5.38 Å². The molecule has 2 aromatic rings. The summed E-state index contributed by atoms with van der Waals surface area (Å²) in [6.07, 6.45) is 6.35. The summed E-state index contributed by atoms with van der Waals surface area (Å²) in [6, 6.07) is 0.445. The van der Waals surface area contributed by atoms with E-state index >= 15 is 0 Å². The number of imidazole rings is 1. The number of hydrogen-bond donors (Lipinski definition) is 0. The number of rotatable bonds is 3. The smallest absolute Gasteiger partial charge is 0.245 e. The lowest BCUT2D eigenvalue weighted by molar-refractivity contribution is 0.401. The third-order valence-corrected chi connectivity index (χ3v) is 3.90. The van der Waals surface area contributed by atoms with Gasteiger partial charge in [0, 0.05) is 6.04 Å². The minimum absolute atomic E-state index is 0.153. The number of halogens is 1. The summed E-state index contributed by atoms with van der Waals surface area (Å²) in [6.45, 7) is 1.94. The van der Waals surface area contributed by atoms with Gasteiger partial charge in [0.15, 0.2) is 11.2 Å². The fourth-order valence-electron chi connectivity index (χ4n) is 2.86. The van der Waals surface area contributed by atoms with Crippen LogP contribution in [-0.2, 0) is 0 Å². The van der Waals surface area contributed by atoms with Crippen LogP contribution in [0.5, 0.6) is 5.88 Å². The van der Waals surface area contributed by atoms with Crippen molar-refractivity contribution in [1.29, 1.82) is 0 Å². The third-order valence-electron chi connectivity index (χ3n) is 3.71. The average molecular weight is 281 g/mol. The van der Waals surface area contributed by atoms with Crippen LogP contribution in [0.25, 0.3) is 11.2 Å². The van der Waals surface area contributed by atoms with Gasteiger partial charge >= 0.3 is 0 Å². The van der Waals surface area contributed by atoms with Gasteiger partial charge in [-0.05, 0) is 19.8 Å². The van der Waals surface area contributed by atoms with Crippen LogP contribution < -0.4 is 4.74 Å². The molecule has 1 atom stereocenters. The maximum atomic E-state index is 6.28. The van der Waals surface area contributed by atoms with Gasteiger partial charge in [0.2, 0.25) is 5.88 Å². The van der Waals surface area contributed by atoms with Crippen molar-refractivity contribution in [3.63, 3.8) is 0 Å². The highest BCUT2D eigenvalue weighted by atomic mass is 35.5. The maximum absolute atomic E-state index is 6.28. The highest BCUT2D eigenvalue weighted by Gasteiger charge is 2.26. The summed E-state index contributed by atoms with van der Waals surface area (Å²) in [5.41, 5.74) is 1.54. The second-order valence-corrected chi connectivity index (χ2v) is 5.60. The zero-order valence-corrected chi connectivity index (χ0v) is 11.9. The summed E-state index contributed by atoms with van der Waals surface area (Å²) >= 11 is 6.28. The Bertz CT molecular complexity index is 590. The first kappa shape index (κ1) is 12.7. The molecule has 1 aliphatic rings. The Morgan fingerprint density at radius 1 is 1.37 bits per heavy atom. The van der Waals surface area contributed by atoms with Crippen molar-refractivity contribution >= 4 is 22.8 Å². The lowest BCUT2D eigenvalue weighted by atomic mass is 10.2. The number of ether oxygens (including phenoxy) is 1. The van der Waals surface area contributed by atoms with Crippen LogP contribution in [0.15, 0.2) is 6.33 Å². The Morgan fingerprint density at radius 3 is 2.74 bits per heavy atom. The molecule has 6 heteroatoms. The summed E-state index contributed by atoms with van der Waals surface area (Å²) in [7, 11) is 1.60. The molecule has 1 fully saturated rings. The molecule has 2 aromatic heterocycles. The van der Waals surface area contributed by atoms with E-state index in [1.165, 1.54) is 19.2 Å². The van der Waals surface area contributed by atoms with Crippen LogP contribution >= 0.6 is 11.6 Å². The van der Waals surface area contributed by atoms with Gasteiger partial charge in [-0.25, -0.2) is 9.97 Å². The molecule has 1 aliphatic carbocycles. The van der Waals surface area contributed by atoms with Crippen molar-refractivity contribution in [2.75, 3.05) is 7.11 Å². The van der Waals surface area contributed by atoms with E-state index in [2.05, 4.69) is 19.5 Å². The fourth-order valence-corrected chi connectivity index (χ4v) is 3.01. The Morgan fingerprint density at radius 2 is 2.11 bits per heavy atom. The zero-order valence-electron chi connectivity index (χ0n) is 11.1. The largest absolute Gasteiger partial charge is 0.479 e. The quantitative estimate of drug-likeness (QED) is 0.810. The predicted molar refractivity (Wildman–Crippen MR) is 73.6 cm³/mol. The highest BCUT2D eigenvalue weighted by molar-refractivity contribution is 6.20. The number of methoxy groups -OCH3 is 1. The maximum Gasteiger partial charge on any atom is 0.245 e. The minimum Gasteiger partial charge on any atom is -0.479 e. The van der Waals surface area contributed by atoms with Gasteiger partial charge in [0.25, 0.3) is 0 Å². The Labute approximate surface area is 117 Å². The molecule has 0 aromatic carbocycles. The Hall–Kier alpha value is -1.36. The second-order valence-electron chi connectivity index (χ2n) is 4.95. The van der Waals surface area contributed by atoms with Crippen LogP contribution in [0, 0.1) is 0 Å². The van der Waals surface area contributed by atoms with E-state index in [0.29, 0.717) is 17.4 Å². The van der Waals surface area contributed by atoms with Gasteiger partial charge in [-0.3, -0.25) is 0 Å². The molecular weight excluding hydrogens is 264 g/mol. The van der Waals surface area contributed by atoms with Crippen molar-refractivity contribution in [1.82, 2.24) is 19.5 Å². The third kappa shape index (κ3) is 2.06. The van der Waals surface area contributed by atoms with Crippen molar-refractivity contribution < 1.29 is 4.74 Å². The summed E-state index contributed by atoms with van der Waals surface area (Å²) < 4.78 is 7.45. The zero-order chi connectivity index (χ0) is 13.4. The lowest BCUT2D eigenvalue weighted by Crippen LogP contribution is -2.10. The number of nitrogens with zero attached hydrogens (tertiary/aromatic N) is 4. The van der Waals surface area contributed by atoms with E-state index < -0.39 is 0 Å². The molecule has 0 amide bonds. The molecule has 19 heavy (non-hydrogen) atoms. The van der Waals surface area contributed by atoms with Gasteiger partial charge in [-0.2, -0.15) is 4.98 Å². The number of aromatic nitrogens is 4. The molecule has 0 aliphatic heterocycles. The molecule has 3 rings (SSSR count). The lowest BCUT2D eigenvalue weighted by Gasteiger charge is -2.16. The molecule has 0 spiro atoms. The van der Waals surface area contributed by atoms with Crippen molar-refractivity contribution in [2.45, 2.75) is 44.0 Å². The predicted octanol–water partition coefficient (Wildman–Crippen LogP) is 3.25. The van der Waals surface area contributed by atoms with E-state index in [1.54, 1.807) is 7.11 Å². The van der Waals surface area contributed by atoms with Crippen LogP contribution in [0.4, 0.5) is 0 Å². The van der Waals surface area contributed by atoms with Gasteiger partial charge in [-0.15, -0.1) is 11.6 Å². The van der Waals surface area contributed by atoms with Gasteiger partial charge in [0.1, 0.15) is 12.2 Å². The SMILES string of the molecule is COc1ncnc2c1nc(C(C)Cl)n2C1CCCC1. The molecule has 2 heterocycles. The van der Waals surface area contributed by atoms with Crippen molar-refractivity contribution in [3.05, 3.63) is 12.2 Å². The molecule has 0 radical (unpaired) electrons. The molecule has 102 valence electrons. The summed E-state index contributed by atoms with van der Waals surface area (Å²) in [5.74, 6) is 1.38. The summed E-state index contributed by atoms with van der Waals surface area (Å²) in [5, 5.41) is -0.153. The Kier molecular flexibility index (Phi) is 3.31. The standard InChI is InChI=1S/C13H17ClN4O/c1-8(14)11-17-10-12(15-7-16-13(10)19-2)18(11)9-5-3-4-6-9/h7-9H,3-6H2,1-2H3. The van der Waals surface area contributed by atoms with E-state index in [4.69, 9.17) is 16.3 Å². The van der Waals surface area contributed by atoms with Crippen LogP contribution in [-0.4, -0.2) is 26.6 Å². The van der Waals surface area contributed by atoms with Crippen LogP contribution in [0.3, 0.4) is 0 Å². The van der Waals surface area contributed by atoms with Crippen molar-refractivity contribution in [3.8, 4) is 5.88 Å². The monoisotopic (exact) mass is 280 g/mol. The minimum atomic E-state index is -0.153. The van der Waals surface area contributed by atoms with Crippen molar-refractivity contribution in [2.24, 2.45) is 0 Å². The molecular formula is C13H17ClN4O. The molecule has 0 saturated heterocycles. The first-order valence-electron chi connectivity index (χ1n) is 6.63. The van der Waals surface area contributed by atoms with Gasteiger partial charge < -0.3 is 9.30 Å². The molecule has 0 N–H and O–H groups in total. The molecule has 0 bridgehead atoms. The first-order chi connectivity index (χ1) is 9.22. The van der Waals surface area contributed by atoms with Crippen LogP contribution in [0.2, 0.25) is 0 Å². The highest BCUT2D eigenvalue weighted by Crippen LogP contribution is 2.37. The van der Waals surface area contributed by atoms with Crippen LogP contribution in [0.1, 0.15) is 49.9 Å². The molecule has 5 nitrogen and oxygen atoms in total. The molecule has 1 saturated carbocycles.